The second-order valence-electron chi connectivity index (χ2n) is 4.61. The lowest BCUT2D eigenvalue weighted by atomic mass is 10.2. The monoisotopic (exact) mass is 276 g/mol. The maximum Gasteiger partial charge on any atom is 0.119 e. The minimum absolute atomic E-state index is 0.883. The molecule has 0 amide bonds. The summed E-state index contributed by atoms with van der Waals surface area (Å²) in [4.78, 5) is 6.86. The van der Waals surface area contributed by atoms with E-state index in [4.69, 9.17) is 4.74 Å². The highest BCUT2D eigenvalue weighted by atomic mass is 32.1. The number of hydrogen-bond acceptors (Lipinski definition) is 4. The minimum atomic E-state index is 0.883. The second-order valence-corrected chi connectivity index (χ2v) is 5.55. The fourth-order valence-electron chi connectivity index (χ4n) is 2.00. The van der Waals surface area contributed by atoms with Crippen molar-refractivity contribution in [3.8, 4) is 5.75 Å². The molecule has 0 spiro atoms. The van der Waals surface area contributed by atoms with Gasteiger partial charge < -0.3 is 4.74 Å². The first-order valence-corrected chi connectivity index (χ1v) is 7.34. The molecule has 0 unspecified atom stereocenters. The summed E-state index contributed by atoms with van der Waals surface area (Å²) in [7, 11) is 3.81. The molecule has 0 fully saturated rings. The van der Waals surface area contributed by atoms with Crippen LogP contribution >= 0.6 is 11.3 Å². The highest BCUT2D eigenvalue weighted by Gasteiger charge is 2.06. The lowest BCUT2D eigenvalue weighted by molar-refractivity contribution is 0.314. The van der Waals surface area contributed by atoms with Crippen molar-refractivity contribution in [1.82, 2.24) is 9.88 Å². The quantitative estimate of drug-likeness (QED) is 0.809. The summed E-state index contributed by atoms with van der Waals surface area (Å²) < 4.78 is 5.24. The molecule has 2 aromatic rings. The van der Waals surface area contributed by atoms with Crippen LogP contribution in [0.3, 0.4) is 0 Å². The van der Waals surface area contributed by atoms with Crippen LogP contribution in [0.2, 0.25) is 0 Å². The fraction of sp³-hybridized carbons (Fsp3) is 0.400. The third kappa shape index (κ3) is 4.04. The molecule has 4 heteroatoms. The number of ether oxygens (including phenoxy) is 1. The van der Waals surface area contributed by atoms with Gasteiger partial charge in [-0.05, 0) is 31.2 Å². The lowest BCUT2D eigenvalue weighted by Crippen LogP contribution is -2.17. The minimum Gasteiger partial charge on any atom is -0.497 e. The van der Waals surface area contributed by atoms with Gasteiger partial charge in [0.15, 0.2) is 0 Å². The average Bonchev–Trinajstić information content (AvgIpc) is 2.86. The molecule has 0 aliphatic heterocycles. The van der Waals surface area contributed by atoms with E-state index in [0.717, 1.165) is 31.0 Å². The molecule has 2 rings (SSSR count). The number of aryl methyl sites for hydroxylation is 1. The Morgan fingerprint density at radius 1 is 1.32 bits per heavy atom. The molecule has 1 aromatic heterocycles. The first-order chi connectivity index (χ1) is 9.21. The van der Waals surface area contributed by atoms with Gasteiger partial charge in [-0.1, -0.05) is 19.1 Å². The molecule has 102 valence electrons. The summed E-state index contributed by atoms with van der Waals surface area (Å²) in [6, 6.07) is 8.20. The number of aromatic nitrogens is 1. The van der Waals surface area contributed by atoms with Gasteiger partial charge in [0.1, 0.15) is 5.75 Å². The molecule has 1 heterocycles. The van der Waals surface area contributed by atoms with E-state index < -0.39 is 0 Å². The van der Waals surface area contributed by atoms with Gasteiger partial charge in [0, 0.05) is 18.5 Å². The molecule has 3 nitrogen and oxygen atoms in total. The Kier molecular flexibility index (Phi) is 4.93. The third-order valence-electron chi connectivity index (χ3n) is 2.92. The molecule has 0 N–H and O–H groups in total. The van der Waals surface area contributed by atoms with Crippen molar-refractivity contribution in [2.24, 2.45) is 0 Å². The molecule has 0 aliphatic rings. The molecular formula is C15H20N2OS. The zero-order valence-corrected chi connectivity index (χ0v) is 12.5. The topological polar surface area (TPSA) is 25.4 Å². The molecule has 0 saturated heterocycles. The van der Waals surface area contributed by atoms with Crippen LogP contribution in [0.5, 0.6) is 5.75 Å². The molecule has 1 aromatic carbocycles. The Morgan fingerprint density at radius 3 is 2.84 bits per heavy atom. The summed E-state index contributed by atoms with van der Waals surface area (Å²) >= 11 is 1.75. The highest BCUT2D eigenvalue weighted by molar-refractivity contribution is 7.09. The van der Waals surface area contributed by atoms with E-state index in [9.17, 15) is 0 Å². The maximum atomic E-state index is 5.24. The lowest BCUT2D eigenvalue weighted by Gasteiger charge is -2.15. The largest absolute Gasteiger partial charge is 0.497 e. The van der Waals surface area contributed by atoms with E-state index >= 15 is 0 Å². The van der Waals surface area contributed by atoms with Gasteiger partial charge >= 0.3 is 0 Å². The number of benzene rings is 1. The van der Waals surface area contributed by atoms with E-state index in [2.05, 4.69) is 41.4 Å². The summed E-state index contributed by atoms with van der Waals surface area (Å²) in [5.74, 6) is 0.910. The molecule has 0 aliphatic carbocycles. The highest BCUT2D eigenvalue weighted by Crippen LogP contribution is 2.16. The van der Waals surface area contributed by atoms with Gasteiger partial charge in [-0.25, -0.2) is 4.98 Å². The van der Waals surface area contributed by atoms with Crippen LogP contribution in [0, 0.1) is 0 Å². The smallest absolute Gasteiger partial charge is 0.119 e. The van der Waals surface area contributed by atoms with E-state index in [-0.39, 0.29) is 0 Å². The van der Waals surface area contributed by atoms with Crippen LogP contribution in [-0.4, -0.2) is 24.0 Å². The van der Waals surface area contributed by atoms with Crippen LogP contribution < -0.4 is 4.74 Å². The van der Waals surface area contributed by atoms with Crippen molar-refractivity contribution in [2.45, 2.75) is 26.4 Å². The Balaban J connectivity index is 1.94. The van der Waals surface area contributed by atoms with Crippen LogP contribution in [0.1, 0.15) is 23.2 Å². The van der Waals surface area contributed by atoms with E-state index in [1.165, 1.54) is 10.6 Å². The van der Waals surface area contributed by atoms with Crippen molar-refractivity contribution in [3.05, 3.63) is 45.9 Å². The Bertz CT molecular complexity index is 524. The van der Waals surface area contributed by atoms with E-state index in [1.54, 1.807) is 18.4 Å². The molecule has 0 atom stereocenters. The first kappa shape index (κ1) is 14.0. The van der Waals surface area contributed by atoms with Gasteiger partial charge in [0.2, 0.25) is 0 Å². The standard InChI is InChI=1S/C15H20N2OS/c1-4-15-16-13(11-19-15)10-17(2)9-12-6-5-7-14(8-12)18-3/h5-8,11H,4,9-10H2,1-3H3. The molecule has 0 radical (unpaired) electrons. The second kappa shape index (κ2) is 6.68. The number of hydrogen-bond donors (Lipinski definition) is 0. The van der Waals surface area contributed by atoms with Gasteiger partial charge in [-0.2, -0.15) is 0 Å². The van der Waals surface area contributed by atoms with Gasteiger partial charge in [0.25, 0.3) is 0 Å². The first-order valence-electron chi connectivity index (χ1n) is 6.46. The summed E-state index contributed by atoms with van der Waals surface area (Å²) in [5.41, 5.74) is 2.42. The van der Waals surface area contributed by atoms with Crippen molar-refractivity contribution in [3.63, 3.8) is 0 Å². The molecule has 0 saturated carbocycles. The zero-order valence-electron chi connectivity index (χ0n) is 11.7. The van der Waals surface area contributed by atoms with Crippen LogP contribution in [-0.2, 0) is 19.5 Å². The molecular weight excluding hydrogens is 256 g/mol. The van der Waals surface area contributed by atoms with Crippen molar-refractivity contribution < 1.29 is 4.74 Å². The number of nitrogens with zero attached hydrogens (tertiary/aromatic N) is 2. The van der Waals surface area contributed by atoms with Gasteiger partial charge in [0.05, 0.1) is 17.8 Å². The van der Waals surface area contributed by atoms with Crippen LogP contribution in [0.25, 0.3) is 0 Å². The van der Waals surface area contributed by atoms with Crippen molar-refractivity contribution in [2.75, 3.05) is 14.2 Å². The SMILES string of the molecule is CCc1nc(CN(C)Cc2cccc(OC)c2)cs1. The van der Waals surface area contributed by atoms with Crippen molar-refractivity contribution in [1.29, 1.82) is 0 Å². The number of thiazole rings is 1. The maximum absolute atomic E-state index is 5.24. The van der Waals surface area contributed by atoms with Crippen LogP contribution in [0.4, 0.5) is 0 Å². The number of methoxy groups -OCH3 is 1. The van der Waals surface area contributed by atoms with Crippen molar-refractivity contribution >= 4 is 11.3 Å². The average molecular weight is 276 g/mol. The van der Waals surface area contributed by atoms with Gasteiger partial charge in [-0.15, -0.1) is 11.3 Å². The summed E-state index contributed by atoms with van der Waals surface area (Å²) in [5, 5.41) is 3.37. The summed E-state index contributed by atoms with van der Waals surface area (Å²) in [6.07, 6.45) is 1.02. The molecule has 0 bridgehead atoms. The Morgan fingerprint density at radius 2 is 2.16 bits per heavy atom. The van der Waals surface area contributed by atoms with Gasteiger partial charge in [-0.3, -0.25) is 4.90 Å². The zero-order chi connectivity index (χ0) is 13.7. The fourth-order valence-corrected chi connectivity index (χ4v) is 2.73. The predicted octanol–water partition coefficient (Wildman–Crippen LogP) is 3.35. The Hall–Kier alpha value is -1.39. The van der Waals surface area contributed by atoms with E-state index in [0.29, 0.717) is 0 Å². The van der Waals surface area contributed by atoms with Crippen LogP contribution in [0.15, 0.2) is 29.6 Å². The third-order valence-corrected chi connectivity index (χ3v) is 3.96. The number of rotatable bonds is 6. The summed E-state index contributed by atoms with van der Waals surface area (Å²) in [6.45, 7) is 3.92. The predicted molar refractivity (Wildman–Crippen MR) is 79.7 cm³/mol. The molecule has 19 heavy (non-hydrogen) atoms. The Labute approximate surface area is 118 Å². The van der Waals surface area contributed by atoms with E-state index in [1.807, 2.05) is 12.1 Å². The normalized spacial score (nSPS) is 10.9.